The number of pyridine rings is 1. The fourth-order valence-corrected chi connectivity index (χ4v) is 2.26. The number of imidazole rings is 1. The molecule has 0 bridgehead atoms. The number of fused-ring (bicyclic) bond motifs is 1. The molecule has 0 radical (unpaired) electrons. The number of rotatable bonds is 1. The molecule has 0 spiro atoms. The Kier molecular flexibility index (Phi) is 2.38. The van der Waals surface area contributed by atoms with Gasteiger partial charge >= 0.3 is 0 Å². The number of hydrogen-bond acceptors (Lipinski definition) is 3. The number of halogens is 2. The molecule has 0 aliphatic heterocycles. The molecule has 4 nitrogen and oxygen atoms in total. The van der Waals surface area contributed by atoms with E-state index in [4.69, 9.17) is 16.0 Å². The molecular weight excluding hydrogens is 307 g/mol. The third kappa shape index (κ3) is 1.71. The zero-order valence-corrected chi connectivity index (χ0v) is 10.7. The zero-order chi connectivity index (χ0) is 12.0. The predicted molar refractivity (Wildman–Crippen MR) is 67.3 cm³/mol. The summed E-state index contributed by atoms with van der Waals surface area (Å²) in [5.74, 6) is 1.38. The molecule has 3 rings (SSSR count). The summed E-state index contributed by atoms with van der Waals surface area (Å²) >= 11 is 9.08. The van der Waals surface area contributed by atoms with Crippen LogP contribution in [0.25, 0.3) is 17.1 Å². The van der Waals surface area contributed by atoms with Crippen molar-refractivity contribution in [3.05, 3.63) is 40.3 Å². The van der Waals surface area contributed by atoms with Gasteiger partial charge in [-0.15, -0.1) is 0 Å². The highest BCUT2D eigenvalue weighted by Crippen LogP contribution is 2.30. The Morgan fingerprint density at radius 3 is 2.88 bits per heavy atom. The standard InChI is InChI=1S/C11H6BrClN2O2/c12-10-7-5-6(16)3-4-15(7)11(14-10)8-1-2-9(13)17-8/h1-5,16H. The molecule has 3 aromatic rings. The summed E-state index contributed by atoms with van der Waals surface area (Å²) in [5, 5.41) is 9.74. The van der Waals surface area contributed by atoms with E-state index in [0.717, 1.165) is 5.52 Å². The van der Waals surface area contributed by atoms with Gasteiger partial charge in [0.05, 0.1) is 5.52 Å². The van der Waals surface area contributed by atoms with Gasteiger partial charge in [0.1, 0.15) is 10.4 Å². The highest BCUT2D eigenvalue weighted by Gasteiger charge is 2.14. The summed E-state index contributed by atoms with van der Waals surface area (Å²) < 4.78 is 7.76. The Balaban J connectivity index is 2.31. The minimum Gasteiger partial charge on any atom is -0.508 e. The van der Waals surface area contributed by atoms with Gasteiger partial charge in [-0.3, -0.25) is 4.40 Å². The largest absolute Gasteiger partial charge is 0.508 e. The van der Waals surface area contributed by atoms with E-state index in [-0.39, 0.29) is 5.75 Å². The highest BCUT2D eigenvalue weighted by atomic mass is 79.9. The SMILES string of the molecule is Oc1ccn2c(-c3ccc(Cl)o3)nc(Br)c2c1. The van der Waals surface area contributed by atoms with Gasteiger partial charge in [0.15, 0.2) is 16.8 Å². The summed E-state index contributed by atoms with van der Waals surface area (Å²) in [5.41, 5.74) is 0.757. The minimum absolute atomic E-state index is 0.183. The smallest absolute Gasteiger partial charge is 0.194 e. The Bertz CT molecular complexity index is 705. The van der Waals surface area contributed by atoms with Crippen molar-refractivity contribution < 1.29 is 9.52 Å². The van der Waals surface area contributed by atoms with Gasteiger partial charge in [0, 0.05) is 12.3 Å². The molecule has 3 aromatic heterocycles. The third-order valence-electron chi connectivity index (χ3n) is 2.38. The van der Waals surface area contributed by atoms with E-state index in [1.54, 1.807) is 34.9 Å². The van der Waals surface area contributed by atoms with Crippen LogP contribution in [0.2, 0.25) is 5.22 Å². The Morgan fingerprint density at radius 2 is 2.18 bits per heavy atom. The maximum atomic E-state index is 9.43. The molecule has 1 N–H and O–H groups in total. The molecular formula is C11H6BrClN2O2. The van der Waals surface area contributed by atoms with E-state index < -0.39 is 0 Å². The van der Waals surface area contributed by atoms with Gasteiger partial charge in [-0.05, 0) is 45.7 Å². The van der Waals surface area contributed by atoms with Crippen molar-refractivity contribution in [2.24, 2.45) is 0 Å². The topological polar surface area (TPSA) is 50.7 Å². The summed E-state index contributed by atoms with van der Waals surface area (Å²) in [7, 11) is 0. The summed E-state index contributed by atoms with van der Waals surface area (Å²) in [6, 6.07) is 6.60. The monoisotopic (exact) mass is 312 g/mol. The van der Waals surface area contributed by atoms with Crippen LogP contribution in [-0.2, 0) is 0 Å². The van der Waals surface area contributed by atoms with Crippen LogP contribution in [0.5, 0.6) is 5.75 Å². The molecule has 86 valence electrons. The summed E-state index contributed by atoms with van der Waals surface area (Å²) in [6.45, 7) is 0. The summed E-state index contributed by atoms with van der Waals surface area (Å²) in [4.78, 5) is 4.33. The molecule has 0 saturated carbocycles. The number of nitrogens with zero attached hydrogens (tertiary/aromatic N) is 2. The molecule has 0 fully saturated rings. The van der Waals surface area contributed by atoms with Crippen molar-refractivity contribution in [2.75, 3.05) is 0 Å². The summed E-state index contributed by atoms with van der Waals surface area (Å²) in [6.07, 6.45) is 1.72. The molecule has 0 atom stereocenters. The maximum Gasteiger partial charge on any atom is 0.194 e. The normalized spacial score (nSPS) is 11.2. The van der Waals surface area contributed by atoms with Crippen molar-refractivity contribution in [2.45, 2.75) is 0 Å². The number of aromatic hydroxyl groups is 1. The lowest BCUT2D eigenvalue weighted by Crippen LogP contribution is -1.86. The quantitative estimate of drug-likeness (QED) is 0.745. The molecule has 3 heterocycles. The maximum absolute atomic E-state index is 9.43. The Morgan fingerprint density at radius 1 is 1.35 bits per heavy atom. The predicted octanol–water partition coefficient (Wildman–Crippen LogP) is 3.72. The van der Waals surface area contributed by atoms with Crippen LogP contribution in [0.15, 0.2) is 39.5 Å². The lowest BCUT2D eigenvalue weighted by atomic mass is 10.4. The van der Waals surface area contributed by atoms with Crippen LogP contribution in [0.3, 0.4) is 0 Å². The first-order valence-electron chi connectivity index (χ1n) is 4.77. The first-order valence-corrected chi connectivity index (χ1v) is 5.94. The van der Waals surface area contributed by atoms with Crippen molar-refractivity contribution in [1.82, 2.24) is 9.38 Å². The van der Waals surface area contributed by atoms with E-state index in [1.807, 2.05) is 0 Å². The van der Waals surface area contributed by atoms with Crippen LogP contribution in [-0.4, -0.2) is 14.5 Å². The van der Waals surface area contributed by atoms with Gasteiger partial charge in [-0.1, -0.05) is 0 Å². The van der Waals surface area contributed by atoms with E-state index in [1.165, 1.54) is 0 Å². The molecule has 6 heteroatoms. The molecule has 0 aliphatic rings. The van der Waals surface area contributed by atoms with Crippen molar-refractivity contribution in [3.63, 3.8) is 0 Å². The second-order valence-electron chi connectivity index (χ2n) is 3.47. The van der Waals surface area contributed by atoms with E-state index in [2.05, 4.69) is 20.9 Å². The Hall–Kier alpha value is -1.46. The van der Waals surface area contributed by atoms with E-state index in [0.29, 0.717) is 21.4 Å². The second kappa shape index (κ2) is 3.78. The van der Waals surface area contributed by atoms with Gasteiger partial charge in [0.2, 0.25) is 0 Å². The third-order valence-corrected chi connectivity index (χ3v) is 3.16. The molecule has 0 aromatic carbocycles. The molecule has 0 amide bonds. The Labute approximate surface area is 110 Å². The number of hydrogen-bond donors (Lipinski definition) is 1. The van der Waals surface area contributed by atoms with Crippen molar-refractivity contribution in [1.29, 1.82) is 0 Å². The van der Waals surface area contributed by atoms with Crippen LogP contribution >= 0.6 is 27.5 Å². The fourth-order valence-electron chi connectivity index (χ4n) is 1.64. The minimum atomic E-state index is 0.183. The van der Waals surface area contributed by atoms with Crippen LogP contribution in [0, 0.1) is 0 Å². The van der Waals surface area contributed by atoms with Crippen LogP contribution < -0.4 is 0 Å². The average molecular weight is 314 g/mol. The van der Waals surface area contributed by atoms with Crippen molar-refractivity contribution >= 4 is 33.0 Å². The zero-order valence-electron chi connectivity index (χ0n) is 8.39. The van der Waals surface area contributed by atoms with Crippen LogP contribution in [0.1, 0.15) is 0 Å². The van der Waals surface area contributed by atoms with E-state index >= 15 is 0 Å². The van der Waals surface area contributed by atoms with Gasteiger partial charge < -0.3 is 9.52 Å². The molecule has 0 saturated heterocycles. The van der Waals surface area contributed by atoms with Gasteiger partial charge in [-0.2, -0.15) is 0 Å². The molecule has 0 aliphatic carbocycles. The van der Waals surface area contributed by atoms with E-state index in [9.17, 15) is 5.11 Å². The highest BCUT2D eigenvalue weighted by molar-refractivity contribution is 9.10. The van der Waals surface area contributed by atoms with Gasteiger partial charge in [0.25, 0.3) is 0 Å². The number of furan rings is 1. The first-order chi connectivity index (χ1) is 8.15. The number of aromatic nitrogens is 2. The fraction of sp³-hybridized carbons (Fsp3) is 0. The first kappa shape index (κ1) is 10.7. The average Bonchev–Trinajstić information content (AvgIpc) is 2.84. The molecule has 0 unspecified atom stereocenters. The lowest BCUT2D eigenvalue weighted by Gasteiger charge is -1.98. The van der Waals surface area contributed by atoms with Gasteiger partial charge in [-0.25, -0.2) is 4.98 Å². The molecule has 17 heavy (non-hydrogen) atoms. The lowest BCUT2D eigenvalue weighted by molar-refractivity contribution is 0.475. The van der Waals surface area contributed by atoms with Crippen molar-refractivity contribution in [3.8, 4) is 17.3 Å². The van der Waals surface area contributed by atoms with Crippen LogP contribution in [0.4, 0.5) is 0 Å². The second-order valence-corrected chi connectivity index (χ2v) is 4.59.